The fourth-order valence-electron chi connectivity index (χ4n) is 5.35. The third kappa shape index (κ3) is 39.4. The van der Waals surface area contributed by atoms with Crippen molar-refractivity contribution in [2.45, 2.75) is 174 Å². The molecule has 0 saturated carbocycles. The van der Waals surface area contributed by atoms with E-state index in [0.717, 1.165) is 64.2 Å². The van der Waals surface area contributed by atoms with E-state index in [0.29, 0.717) is 19.4 Å². The van der Waals surface area contributed by atoms with Crippen LogP contribution in [0.5, 0.6) is 0 Å². The first kappa shape index (κ1) is 51.7. The summed E-state index contributed by atoms with van der Waals surface area (Å²) in [6.07, 6.45) is 45.5. The molecule has 0 fully saturated rings. The Labute approximate surface area is 330 Å². The van der Waals surface area contributed by atoms with Gasteiger partial charge in [-0.1, -0.05) is 132 Å². The van der Waals surface area contributed by atoms with E-state index in [1.807, 2.05) is 0 Å². The predicted molar refractivity (Wildman–Crippen MR) is 224 cm³/mol. The van der Waals surface area contributed by atoms with Crippen molar-refractivity contribution in [3.05, 3.63) is 60.8 Å². The van der Waals surface area contributed by atoms with Crippen LogP contribution in [0.4, 0.5) is 0 Å². The summed E-state index contributed by atoms with van der Waals surface area (Å²) in [5.74, 6) is -0.865. The molecule has 2 unspecified atom stereocenters. The number of ether oxygens (including phenoxy) is 2. The third-order valence-electron chi connectivity index (χ3n) is 8.61. The second kappa shape index (κ2) is 40.4. The number of hydrogen-bond acceptors (Lipinski definition) is 8. The summed E-state index contributed by atoms with van der Waals surface area (Å²) in [7, 11) is -2.67. The van der Waals surface area contributed by atoms with E-state index in [-0.39, 0.29) is 26.1 Å². The SMILES string of the molecule is CCCCC/C=C\C/C=C\C/C=C\CCCCC(=O)OCC(COP(=O)(O)OCCNC)OC(=O)CCCCCCCCC/C=C\C/C=C\CCCCC. The Kier molecular flexibility index (Phi) is 38.7. The zero-order valence-electron chi connectivity index (χ0n) is 34.4. The topological polar surface area (TPSA) is 120 Å². The Hall–Kier alpha value is -2.29. The van der Waals surface area contributed by atoms with Crippen LogP contribution in [0, 0.1) is 0 Å². The van der Waals surface area contributed by atoms with Crippen LogP contribution in [0.15, 0.2) is 60.8 Å². The Morgan fingerprint density at radius 3 is 1.52 bits per heavy atom. The largest absolute Gasteiger partial charge is 0.472 e. The van der Waals surface area contributed by atoms with Gasteiger partial charge in [-0.05, 0) is 90.5 Å². The van der Waals surface area contributed by atoms with Crippen LogP contribution >= 0.6 is 7.82 Å². The Morgan fingerprint density at radius 2 is 1.00 bits per heavy atom. The monoisotopic (exact) mass is 780 g/mol. The number of likely N-dealkylation sites (N-methyl/N-ethyl adjacent to an activating group) is 1. The van der Waals surface area contributed by atoms with Gasteiger partial charge < -0.3 is 19.7 Å². The van der Waals surface area contributed by atoms with Crippen molar-refractivity contribution >= 4 is 19.8 Å². The maximum absolute atomic E-state index is 12.6. The van der Waals surface area contributed by atoms with Gasteiger partial charge in [-0.2, -0.15) is 0 Å². The van der Waals surface area contributed by atoms with Gasteiger partial charge in [0.15, 0.2) is 6.10 Å². The van der Waals surface area contributed by atoms with Gasteiger partial charge in [-0.15, -0.1) is 0 Å². The van der Waals surface area contributed by atoms with E-state index in [9.17, 15) is 19.0 Å². The van der Waals surface area contributed by atoms with Crippen molar-refractivity contribution in [1.82, 2.24) is 5.32 Å². The lowest BCUT2D eigenvalue weighted by Gasteiger charge is -2.20. The number of phosphoric ester groups is 1. The van der Waals surface area contributed by atoms with Crippen molar-refractivity contribution in [3.63, 3.8) is 0 Å². The van der Waals surface area contributed by atoms with Crippen molar-refractivity contribution in [2.24, 2.45) is 0 Å². The van der Waals surface area contributed by atoms with Crippen LogP contribution in [-0.2, 0) is 32.7 Å². The first-order valence-corrected chi connectivity index (χ1v) is 22.7. The summed E-state index contributed by atoms with van der Waals surface area (Å²) in [5.41, 5.74) is 0. The van der Waals surface area contributed by atoms with Gasteiger partial charge in [-0.25, -0.2) is 4.57 Å². The molecule has 10 heteroatoms. The molecule has 0 aromatic carbocycles. The summed E-state index contributed by atoms with van der Waals surface area (Å²) >= 11 is 0. The summed E-state index contributed by atoms with van der Waals surface area (Å²) in [6, 6.07) is 0. The van der Waals surface area contributed by atoms with Gasteiger partial charge in [0.25, 0.3) is 0 Å². The Morgan fingerprint density at radius 1 is 0.574 bits per heavy atom. The van der Waals surface area contributed by atoms with Crippen LogP contribution in [0.1, 0.15) is 168 Å². The number of unbranched alkanes of at least 4 members (excludes halogenated alkanes) is 15. The molecule has 2 N–H and O–H groups in total. The highest BCUT2D eigenvalue weighted by Crippen LogP contribution is 2.43. The molecule has 0 amide bonds. The molecule has 0 bridgehead atoms. The number of rotatable bonds is 39. The van der Waals surface area contributed by atoms with Crippen LogP contribution in [-0.4, -0.2) is 56.3 Å². The second-order valence-corrected chi connectivity index (χ2v) is 15.3. The molecule has 0 radical (unpaired) electrons. The van der Waals surface area contributed by atoms with Crippen LogP contribution in [0.2, 0.25) is 0 Å². The summed E-state index contributed by atoms with van der Waals surface area (Å²) < 4.78 is 33.1. The number of hydrogen-bond donors (Lipinski definition) is 2. The molecule has 0 heterocycles. The van der Waals surface area contributed by atoms with Gasteiger partial charge in [0.05, 0.1) is 13.2 Å². The van der Waals surface area contributed by atoms with Gasteiger partial charge in [-0.3, -0.25) is 18.6 Å². The first-order valence-electron chi connectivity index (χ1n) is 21.2. The predicted octanol–water partition coefficient (Wildman–Crippen LogP) is 12.0. The summed E-state index contributed by atoms with van der Waals surface area (Å²) in [6.45, 7) is 4.10. The highest BCUT2D eigenvalue weighted by Gasteiger charge is 2.26. The van der Waals surface area contributed by atoms with Crippen LogP contribution in [0.3, 0.4) is 0 Å². The fraction of sp³-hybridized carbons (Fsp3) is 0.727. The molecule has 312 valence electrons. The summed E-state index contributed by atoms with van der Waals surface area (Å²) in [4.78, 5) is 35.0. The van der Waals surface area contributed by atoms with Gasteiger partial charge in [0.2, 0.25) is 0 Å². The van der Waals surface area contributed by atoms with E-state index in [4.69, 9.17) is 18.5 Å². The van der Waals surface area contributed by atoms with Gasteiger partial charge in [0.1, 0.15) is 6.61 Å². The highest BCUT2D eigenvalue weighted by molar-refractivity contribution is 7.47. The minimum atomic E-state index is -4.36. The molecule has 0 spiro atoms. The zero-order valence-corrected chi connectivity index (χ0v) is 35.3. The number of allylic oxidation sites excluding steroid dienone is 10. The highest BCUT2D eigenvalue weighted by atomic mass is 31.2. The van der Waals surface area contributed by atoms with E-state index in [1.54, 1.807) is 7.05 Å². The molecule has 0 aliphatic heterocycles. The summed E-state index contributed by atoms with van der Waals surface area (Å²) in [5, 5.41) is 2.82. The van der Waals surface area contributed by atoms with Crippen molar-refractivity contribution in [2.75, 3.05) is 33.4 Å². The molecule has 2 atom stereocenters. The number of nitrogens with one attached hydrogen (secondary N) is 1. The van der Waals surface area contributed by atoms with E-state index in [2.05, 4.69) is 79.9 Å². The van der Waals surface area contributed by atoms with Crippen molar-refractivity contribution in [1.29, 1.82) is 0 Å². The molecule has 0 rings (SSSR count). The van der Waals surface area contributed by atoms with E-state index in [1.165, 1.54) is 64.2 Å². The molecule has 0 aliphatic rings. The molecule has 0 saturated heterocycles. The lowest BCUT2D eigenvalue weighted by atomic mass is 10.1. The zero-order chi connectivity index (χ0) is 39.6. The number of esters is 2. The van der Waals surface area contributed by atoms with Gasteiger partial charge in [0, 0.05) is 19.4 Å². The first-order chi connectivity index (χ1) is 26.3. The molecule has 54 heavy (non-hydrogen) atoms. The van der Waals surface area contributed by atoms with Crippen molar-refractivity contribution < 1.29 is 37.6 Å². The third-order valence-corrected chi connectivity index (χ3v) is 9.59. The maximum atomic E-state index is 12.6. The van der Waals surface area contributed by atoms with Crippen LogP contribution in [0.25, 0.3) is 0 Å². The number of carbonyl (C=O) groups is 2. The smallest absolute Gasteiger partial charge is 0.462 e. The number of carbonyl (C=O) groups excluding carboxylic acids is 2. The normalized spacial score (nSPS) is 13.9. The average Bonchev–Trinajstić information content (AvgIpc) is 3.15. The molecule has 0 aromatic rings. The Balaban J connectivity index is 4.32. The van der Waals surface area contributed by atoms with E-state index >= 15 is 0 Å². The van der Waals surface area contributed by atoms with E-state index < -0.39 is 32.5 Å². The number of phosphoric acid groups is 1. The molecule has 9 nitrogen and oxygen atoms in total. The lowest BCUT2D eigenvalue weighted by Crippen LogP contribution is -2.29. The van der Waals surface area contributed by atoms with Crippen LogP contribution < -0.4 is 5.32 Å². The molecule has 0 aliphatic carbocycles. The molecule has 0 aromatic heterocycles. The van der Waals surface area contributed by atoms with Crippen molar-refractivity contribution in [3.8, 4) is 0 Å². The Bertz CT molecular complexity index is 1070. The minimum absolute atomic E-state index is 0.0272. The average molecular weight is 780 g/mol. The molecular weight excluding hydrogens is 701 g/mol. The minimum Gasteiger partial charge on any atom is -0.462 e. The quantitative estimate of drug-likeness (QED) is 0.0272. The standard InChI is InChI=1S/C44H78NO8P/c1-4-6-8-10-12-14-16-18-20-21-23-25-27-29-31-33-35-37-44(47)53-42(41-52-54(48,49)51-39-38-45-3)40-50-43(46)36-34-32-30-28-26-24-22-19-17-15-13-11-9-7-5-2/h12-15,18-20,22,26,28,42,45H,4-11,16-17,21,23-25,27,29-41H2,1-3H3,(H,48,49)/b14-12-,15-13-,20-18-,22-19-,28-26-. The second-order valence-electron chi connectivity index (χ2n) is 13.8. The fourth-order valence-corrected chi connectivity index (χ4v) is 6.10. The molecular formula is C44H78NO8P. The lowest BCUT2D eigenvalue weighted by molar-refractivity contribution is -0.161. The van der Waals surface area contributed by atoms with Gasteiger partial charge >= 0.3 is 19.8 Å². The maximum Gasteiger partial charge on any atom is 0.472 e.